The SMILES string of the molecule is CC(=O)c1c(C)nc2sc(CC(=O)O)c(-c3ccccc3)n12. The summed E-state index contributed by atoms with van der Waals surface area (Å²) in [6, 6.07) is 9.49. The van der Waals surface area contributed by atoms with Gasteiger partial charge >= 0.3 is 5.97 Å². The molecule has 0 saturated carbocycles. The Morgan fingerprint density at radius 1 is 1.27 bits per heavy atom. The van der Waals surface area contributed by atoms with Gasteiger partial charge in [0.1, 0.15) is 5.69 Å². The van der Waals surface area contributed by atoms with E-state index in [1.54, 1.807) is 11.3 Å². The van der Waals surface area contributed by atoms with Crippen LogP contribution in [0.1, 0.15) is 28.0 Å². The Kier molecular flexibility index (Phi) is 3.54. The minimum atomic E-state index is -0.900. The topological polar surface area (TPSA) is 71.7 Å². The quantitative estimate of drug-likeness (QED) is 0.751. The average molecular weight is 314 g/mol. The number of aryl methyl sites for hydroxylation is 1. The lowest BCUT2D eigenvalue weighted by atomic mass is 10.1. The van der Waals surface area contributed by atoms with Crippen LogP contribution in [0.3, 0.4) is 0 Å². The van der Waals surface area contributed by atoms with Gasteiger partial charge in [-0.25, -0.2) is 4.98 Å². The molecule has 0 fully saturated rings. The Labute approximate surface area is 130 Å². The summed E-state index contributed by atoms with van der Waals surface area (Å²) in [5, 5.41) is 9.14. The Balaban J connectivity index is 2.37. The molecule has 5 nitrogen and oxygen atoms in total. The number of thiazole rings is 1. The van der Waals surface area contributed by atoms with Crippen molar-refractivity contribution in [1.82, 2.24) is 9.38 Å². The Morgan fingerprint density at radius 3 is 2.55 bits per heavy atom. The molecule has 1 N–H and O–H groups in total. The molecule has 22 heavy (non-hydrogen) atoms. The third-order valence-electron chi connectivity index (χ3n) is 3.42. The zero-order valence-electron chi connectivity index (χ0n) is 12.2. The number of aromatic nitrogens is 2. The summed E-state index contributed by atoms with van der Waals surface area (Å²) in [5.41, 5.74) is 2.80. The van der Waals surface area contributed by atoms with Gasteiger partial charge in [-0.05, 0) is 12.5 Å². The molecule has 3 rings (SSSR count). The van der Waals surface area contributed by atoms with Crippen LogP contribution in [0.2, 0.25) is 0 Å². The molecule has 1 aromatic carbocycles. The fourth-order valence-electron chi connectivity index (χ4n) is 2.62. The zero-order chi connectivity index (χ0) is 15.9. The molecule has 2 heterocycles. The van der Waals surface area contributed by atoms with Crippen molar-refractivity contribution in [3.8, 4) is 11.3 Å². The first kappa shape index (κ1) is 14.5. The lowest BCUT2D eigenvalue weighted by Crippen LogP contribution is -2.04. The monoisotopic (exact) mass is 314 g/mol. The lowest BCUT2D eigenvalue weighted by Gasteiger charge is -2.06. The van der Waals surface area contributed by atoms with Crippen molar-refractivity contribution in [2.24, 2.45) is 0 Å². The first-order chi connectivity index (χ1) is 10.5. The fraction of sp³-hybridized carbons (Fsp3) is 0.188. The van der Waals surface area contributed by atoms with Crippen LogP contribution >= 0.6 is 11.3 Å². The van der Waals surface area contributed by atoms with Gasteiger partial charge in [0, 0.05) is 11.8 Å². The predicted octanol–water partition coefficient (Wildman–Crippen LogP) is 3.20. The average Bonchev–Trinajstić information content (AvgIpc) is 2.92. The molecule has 0 aliphatic rings. The van der Waals surface area contributed by atoms with E-state index in [0.29, 0.717) is 21.2 Å². The Morgan fingerprint density at radius 2 is 1.95 bits per heavy atom. The van der Waals surface area contributed by atoms with Crippen LogP contribution in [0.5, 0.6) is 0 Å². The number of aliphatic carboxylic acids is 1. The molecule has 0 unspecified atom stereocenters. The normalized spacial score (nSPS) is 11.0. The van der Waals surface area contributed by atoms with Crippen LogP contribution in [0.4, 0.5) is 0 Å². The number of carboxylic acids is 1. The van der Waals surface area contributed by atoms with E-state index >= 15 is 0 Å². The van der Waals surface area contributed by atoms with Gasteiger partial charge in [0.2, 0.25) is 0 Å². The van der Waals surface area contributed by atoms with Gasteiger partial charge in [0.15, 0.2) is 10.7 Å². The maximum atomic E-state index is 12.0. The van der Waals surface area contributed by atoms with E-state index < -0.39 is 5.97 Å². The van der Waals surface area contributed by atoms with Gasteiger partial charge in [-0.15, -0.1) is 11.3 Å². The highest BCUT2D eigenvalue weighted by Crippen LogP contribution is 2.34. The van der Waals surface area contributed by atoms with Crippen molar-refractivity contribution in [2.45, 2.75) is 20.3 Å². The number of Topliss-reactive ketones (excluding diaryl/α,β-unsaturated/α-hetero) is 1. The van der Waals surface area contributed by atoms with Crippen LogP contribution in [0.25, 0.3) is 16.2 Å². The van der Waals surface area contributed by atoms with E-state index in [-0.39, 0.29) is 12.2 Å². The number of nitrogens with zero attached hydrogens (tertiary/aromatic N) is 2. The van der Waals surface area contributed by atoms with Gasteiger partial charge in [-0.1, -0.05) is 30.3 Å². The Bertz CT molecular complexity index is 878. The summed E-state index contributed by atoms with van der Waals surface area (Å²) < 4.78 is 1.79. The third-order valence-corrected chi connectivity index (χ3v) is 4.46. The smallest absolute Gasteiger partial charge is 0.308 e. The molecule has 112 valence electrons. The van der Waals surface area contributed by atoms with Crippen molar-refractivity contribution in [2.75, 3.05) is 0 Å². The number of rotatable bonds is 4. The van der Waals surface area contributed by atoms with E-state index in [2.05, 4.69) is 4.98 Å². The van der Waals surface area contributed by atoms with E-state index in [1.165, 1.54) is 18.3 Å². The highest BCUT2D eigenvalue weighted by atomic mass is 32.1. The summed E-state index contributed by atoms with van der Waals surface area (Å²) >= 11 is 1.32. The maximum Gasteiger partial charge on any atom is 0.308 e. The minimum Gasteiger partial charge on any atom is -0.481 e. The zero-order valence-corrected chi connectivity index (χ0v) is 13.0. The van der Waals surface area contributed by atoms with E-state index in [0.717, 1.165) is 11.3 Å². The molecular formula is C16H14N2O3S. The standard InChI is InChI=1S/C16H14N2O3S/c1-9-14(10(2)19)18-15(11-6-4-3-5-7-11)12(8-13(20)21)22-16(18)17-9/h3-7H,8H2,1-2H3,(H,20,21). The second-order valence-corrected chi connectivity index (χ2v) is 6.09. The highest BCUT2D eigenvalue weighted by molar-refractivity contribution is 7.17. The molecule has 6 heteroatoms. The van der Waals surface area contributed by atoms with Gasteiger partial charge < -0.3 is 5.11 Å². The van der Waals surface area contributed by atoms with Crippen molar-refractivity contribution >= 4 is 28.1 Å². The molecule has 0 bridgehead atoms. The van der Waals surface area contributed by atoms with Gasteiger partial charge in [0.05, 0.1) is 17.8 Å². The summed E-state index contributed by atoms with van der Waals surface area (Å²) in [5.74, 6) is -0.982. The van der Waals surface area contributed by atoms with Crippen LogP contribution < -0.4 is 0 Å². The van der Waals surface area contributed by atoms with Crippen LogP contribution in [0.15, 0.2) is 30.3 Å². The number of carbonyl (C=O) groups is 2. The first-order valence-electron chi connectivity index (χ1n) is 6.78. The maximum absolute atomic E-state index is 12.0. The summed E-state index contributed by atoms with van der Waals surface area (Å²) in [4.78, 5) is 28.9. The number of ketones is 1. The second-order valence-electron chi connectivity index (χ2n) is 5.03. The molecule has 0 aliphatic carbocycles. The molecule has 2 aromatic heterocycles. The van der Waals surface area contributed by atoms with Gasteiger partial charge in [-0.3, -0.25) is 14.0 Å². The largest absolute Gasteiger partial charge is 0.481 e. The van der Waals surface area contributed by atoms with Crippen molar-refractivity contribution in [3.63, 3.8) is 0 Å². The number of benzene rings is 1. The van der Waals surface area contributed by atoms with E-state index in [1.807, 2.05) is 30.3 Å². The lowest BCUT2D eigenvalue weighted by molar-refractivity contribution is -0.136. The highest BCUT2D eigenvalue weighted by Gasteiger charge is 2.23. The van der Waals surface area contributed by atoms with Crippen LogP contribution in [-0.4, -0.2) is 26.2 Å². The molecule has 0 atom stereocenters. The van der Waals surface area contributed by atoms with Crippen molar-refractivity contribution in [1.29, 1.82) is 0 Å². The minimum absolute atomic E-state index is 0.0816. The van der Waals surface area contributed by atoms with Crippen molar-refractivity contribution in [3.05, 3.63) is 46.6 Å². The fourth-order valence-corrected chi connectivity index (χ4v) is 3.80. The van der Waals surface area contributed by atoms with Crippen LogP contribution in [0, 0.1) is 6.92 Å². The molecule has 0 saturated heterocycles. The molecule has 0 radical (unpaired) electrons. The Hall–Kier alpha value is -2.47. The number of imidazole rings is 1. The first-order valence-corrected chi connectivity index (χ1v) is 7.59. The predicted molar refractivity (Wildman–Crippen MR) is 84.6 cm³/mol. The summed E-state index contributed by atoms with van der Waals surface area (Å²) in [6.45, 7) is 3.29. The molecule has 0 amide bonds. The van der Waals surface area contributed by atoms with Crippen LogP contribution in [-0.2, 0) is 11.2 Å². The van der Waals surface area contributed by atoms with E-state index in [9.17, 15) is 9.59 Å². The number of carboxylic acid groups (broad SMARTS) is 1. The second kappa shape index (κ2) is 5.38. The van der Waals surface area contributed by atoms with Crippen molar-refractivity contribution < 1.29 is 14.7 Å². The summed E-state index contributed by atoms with van der Waals surface area (Å²) in [7, 11) is 0. The van der Waals surface area contributed by atoms with E-state index in [4.69, 9.17) is 5.11 Å². The van der Waals surface area contributed by atoms with Gasteiger partial charge in [0.25, 0.3) is 0 Å². The summed E-state index contributed by atoms with van der Waals surface area (Å²) in [6.07, 6.45) is -0.0886. The number of carbonyl (C=O) groups excluding carboxylic acids is 1. The molecule has 3 aromatic rings. The number of hydrogen-bond acceptors (Lipinski definition) is 4. The van der Waals surface area contributed by atoms with Gasteiger partial charge in [-0.2, -0.15) is 0 Å². The molecule has 0 aliphatic heterocycles. The molecular weight excluding hydrogens is 300 g/mol. The molecule has 0 spiro atoms. The third kappa shape index (κ3) is 2.31. The number of hydrogen-bond donors (Lipinski definition) is 1. The number of fused-ring (bicyclic) bond motifs is 1.